The summed E-state index contributed by atoms with van der Waals surface area (Å²) in [5.41, 5.74) is 2.22. The summed E-state index contributed by atoms with van der Waals surface area (Å²) in [6.07, 6.45) is 1.42. The van der Waals surface area contributed by atoms with Crippen molar-refractivity contribution in [3.05, 3.63) is 94.5 Å². The summed E-state index contributed by atoms with van der Waals surface area (Å²) in [7, 11) is -4.03. The van der Waals surface area contributed by atoms with E-state index < -0.39 is 22.5 Å². The monoisotopic (exact) mass is 529 g/mol. The third-order valence-corrected chi connectivity index (χ3v) is 8.23. The van der Waals surface area contributed by atoms with Crippen LogP contribution in [-0.2, 0) is 32.7 Å². The van der Waals surface area contributed by atoms with E-state index in [4.69, 9.17) is 0 Å². The van der Waals surface area contributed by atoms with Gasteiger partial charge >= 0.3 is 0 Å². The molecule has 3 aromatic rings. The number of carbonyl (C=O) groups is 2. The molecular weight excluding hydrogens is 501 g/mol. The number of sulfonamides is 1. The lowest BCUT2D eigenvalue weighted by molar-refractivity contribution is -0.132. The Kier molecular flexibility index (Phi) is 9.14. The molecule has 0 spiro atoms. The molecule has 0 bridgehead atoms. The number of hydrogen-bond acceptors (Lipinski definition) is 5. The van der Waals surface area contributed by atoms with E-state index in [9.17, 15) is 22.4 Å². The minimum Gasteiger partial charge on any atom is -0.332 e. The lowest BCUT2D eigenvalue weighted by atomic mass is 10.2. The molecular formula is C26H28FN3O4S2. The molecule has 0 radical (unpaired) electrons. The zero-order valence-electron chi connectivity index (χ0n) is 20.1. The van der Waals surface area contributed by atoms with Crippen molar-refractivity contribution in [2.24, 2.45) is 0 Å². The maximum Gasteiger partial charge on any atom is 0.243 e. The van der Waals surface area contributed by atoms with Crippen molar-refractivity contribution in [3.8, 4) is 0 Å². The number of benzene rings is 2. The maximum atomic E-state index is 13.5. The predicted molar refractivity (Wildman–Crippen MR) is 139 cm³/mol. The highest BCUT2D eigenvalue weighted by Gasteiger charge is 2.28. The van der Waals surface area contributed by atoms with Crippen LogP contribution in [0.4, 0.5) is 10.1 Å². The Hall–Kier alpha value is -3.34. The third kappa shape index (κ3) is 7.09. The van der Waals surface area contributed by atoms with Gasteiger partial charge in [-0.05, 0) is 65.9 Å². The smallest absolute Gasteiger partial charge is 0.243 e. The van der Waals surface area contributed by atoms with Gasteiger partial charge in [-0.25, -0.2) is 12.8 Å². The normalized spacial score (nSPS) is 11.3. The molecule has 2 amide bonds. The first-order valence-corrected chi connectivity index (χ1v) is 13.5. The summed E-state index contributed by atoms with van der Waals surface area (Å²) in [6, 6.07) is 13.6. The second kappa shape index (κ2) is 12.1. The first kappa shape index (κ1) is 27.3. The topological polar surface area (TPSA) is 86.8 Å². The Labute approximate surface area is 214 Å². The summed E-state index contributed by atoms with van der Waals surface area (Å²) in [5.74, 6) is -1.04. The summed E-state index contributed by atoms with van der Waals surface area (Å²) < 4.78 is 41.2. The fourth-order valence-corrected chi connectivity index (χ4v) is 5.77. The van der Waals surface area contributed by atoms with E-state index >= 15 is 0 Å². The second-order valence-electron chi connectivity index (χ2n) is 8.19. The van der Waals surface area contributed by atoms with Crippen molar-refractivity contribution in [3.63, 3.8) is 0 Å². The maximum absolute atomic E-state index is 13.5. The van der Waals surface area contributed by atoms with Crippen LogP contribution in [0, 0.1) is 12.7 Å². The molecule has 0 saturated heterocycles. The number of rotatable bonds is 11. The molecule has 10 heteroatoms. The first-order valence-electron chi connectivity index (χ1n) is 11.1. The van der Waals surface area contributed by atoms with Gasteiger partial charge in [-0.2, -0.15) is 4.31 Å². The Morgan fingerprint density at radius 2 is 1.72 bits per heavy atom. The van der Waals surface area contributed by atoms with Crippen molar-refractivity contribution >= 4 is 38.9 Å². The average molecular weight is 530 g/mol. The lowest BCUT2D eigenvalue weighted by Crippen LogP contribution is -2.42. The van der Waals surface area contributed by atoms with Gasteiger partial charge in [0.25, 0.3) is 0 Å². The van der Waals surface area contributed by atoms with E-state index in [1.807, 2.05) is 18.4 Å². The molecule has 0 aliphatic carbocycles. The molecule has 7 nitrogen and oxygen atoms in total. The average Bonchev–Trinajstić information content (AvgIpc) is 3.24. The Bertz CT molecular complexity index is 1320. The second-order valence-corrected chi connectivity index (χ2v) is 11.1. The van der Waals surface area contributed by atoms with Crippen LogP contribution in [0.2, 0.25) is 0 Å². The summed E-state index contributed by atoms with van der Waals surface area (Å²) in [4.78, 5) is 27.2. The van der Waals surface area contributed by atoms with E-state index in [-0.39, 0.29) is 29.7 Å². The molecule has 0 atom stereocenters. The van der Waals surface area contributed by atoms with Crippen molar-refractivity contribution in [1.82, 2.24) is 9.21 Å². The quantitative estimate of drug-likeness (QED) is 0.369. The van der Waals surface area contributed by atoms with E-state index in [0.29, 0.717) is 12.2 Å². The highest BCUT2D eigenvalue weighted by Crippen LogP contribution is 2.22. The standard InChI is InChI=1S/C26H28FN3O4S2/c1-4-14-30(36(33,34)24-11-9-23(10-12-24)28-20(3)31)18-26(32)29(17-25-19(2)13-15-35-25)16-21-5-7-22(27)8-6-21/h4-13,15H,1,14,16-18H2,2-3H3,(H,28,31). The van der Waals surface area contributed by atoms with Crippen LogP contribution in [-0.4, -0.2) is 42.5 Å². The third-order valence-electron chi connectivity index (χ3n) is 5.40. The van der Waals surface area contributed by atoms with Gasteiger partial charge in [-0.15, -0.1) is 17.9 Å². The van der Waals surface area contributed by atoms with E-state index in [0.717, 1.165) is 20.3 Å². The highest BCUT2D eigenvalue weighted by molar-refractivity contribution is 7.89. The minimum atomic E-state index is -4.03. The van der Waals surface area contributed by atoms with Crippen LogP contribution in [0.15, 0.2) is 77.5 Å². The van der Waals surface area contributed by atoms with Crippen LogP contribution in [0.5, 0.6) is 0 Å². The van der Waals surface area contributed by atoms with Crippen LogP contribution in [0.25, 0.3) is 0 Å². The Morgan fingerprint density at radius 3 is 2.28 bits per heavy atom. The molecule has 0 saturated carbocycles. The van der Waals surface area contributed by atoms with Gasteiger partial charge in [0.2, 0.25) is 21.8 Å². The number of anilines is 1. The summed E-state index contributed by atoms with van der Waals surface area (Å²) in [6.45, 7) is 6.99. The number of halogens is 1. The molecule has 0 unspecified atom stereocenters. The first-order chi connectivity index (χ1) is 17.1. The molecule has 36 heavy (non-hydrogen) atoms. The van der Waals surface area contributed by atoms with E-state index in [1.165, 1.54) is 60.7 Å². The minimum absolute atomic E-state index is 0.00885. The number of amides is 2. The van der Waals surface area contributed by atoms with Crippen LogP contribution < -0.4 is 5.32 Å². The Balaban J connectivity index is 1.85. The molecule has 2 aromatic carbocycles. The molecule has 0 fully saturated rings. The van der Waals surface area contributed by atoms with Gasteiger partial charge < -0.3 is 10.2 Å². The van der Waals surface area contributed by atoms with Crippen LogP contribution >= 0.6 is 11.3 Å². The zero-order chi connectivity index (χ0) is 26.3. The number of hydrogen-bond donors (Lipinski definition) is 1. The van der Waals surface area contributed by atoms with Gasteiger partial charge in [0, 0.05) is 30.6 Å². The number of nitrogens with one attached hydrogen (secondary N) is 1. The van der Waals surface area contributed by atoms with Crippen molar-refractivity contribution < 1.29 is 22.4 Å². The largest absolute Gasteiger partial charge is 0.332 e. The number of nitrogens with zero attached hydrogens (tertiary/aromatic N) is 2. The fourth-order valence-electron chi connectivity index (χ4n) is 3.49. The molecule has 3 rings (SSSR count). The zero-order valence-corrected chi connectivity index (χ0v) is 21.7. The van der Waals surface area contributed by atoms with Gasteiger partial charge in [0.05, 0.1) is 18.0 Å². The Morgan fingerprint density at radius 1 is 1.06 bits per heavy atom. The van der Waals surface area contributed by atoms with Gasteiger partial charge in [-0.3, -0.25) is 9.59 Å². The number of thiophene rings is 1. The lowest BCUT2D eigenvalue weighted by Gasteiger charge is -2.27. The molecule has 1 aromatic heterocycles. The predicted octanol–water partition coefficient (Wildman–Crippen LogP) is 4.56. The molecule has 1 N–H and O–H groups in total. The fraction of sp³-hybridized carbons (Fsp3) is 0.231. The van der Waals surface area contributed by atoms with Gasteiger partial charge in [-0.1, -0.05) is 18.2 Å². The SMILES string of the molecule is C=CCN(CC(=O)N(Cc1ccc(F)cc1)Cc1sccc1C)S(=O)(=O)c1ccc(NC(C)=O)cc1. The molecule has 0 aliphatic heterocycles. The van der Waals surface area contributed by atoms with E-state index in [2.05, 4.69) is 11.9 Å². The van der Waals surface area contributed by atoms with E-state index in [1.54, 1.807) is 17.0 Å². The van der Waals surface area contributed by atoms with Crippen LogP contribution in [0.3, 0.4) is 0 Å². The van der Waals surface area contributed by atoms with Crippen molar-refractivity contribution in [2.75, 3.05) is 18.4 Å². The van der Waals surface area contributed by atoms with Crippen molar-refractivity contribution in [1.29, 1.82) is 0 Å². The van der Waals surface area contributed by atoms with Gasteiger partial charge in [0.15, 0.2) is 0 Å². The number of aryl methyl sites for hydroxylation is 1. The number of carbonyl (C=O) groups excluding carboxylic acids is 2. The molecule has 1 heterocycles. The molecule has 190 valence electrons. The van der Waals surface area contributed by atoms with Gasteiger partial charge in [0.1, 0.15) is 5.82 Å². The summed E-state index contributed by atoms with van der Waals surface area (Å²) >= 11 is 1.51. The highest BCUT2D eigenvalue weighted by atomic mass is 32.2. The van der Waals surface area contributed by atoms with Crippen LogP contribution in [0.1, 0.15) is 22.9 Å². The summed E-state index contributed by atoms with van der Waals surface area (Å²) in [5, 5.41) is 4.53. The van der Waals surface area contributed by atoms with Crippen molar-refractivity contribution in [2.45, 2.75) is 31.8 Å². The molecule has 0 aliphatic rings.